The number of hydrogen-bond acceptors (Lipinski definition) is 6. The van der Waals surface area contributed by atoms with E-state index in [1.54, 1.807) is 37.8 Å². The van der Waals surface area contributed by atoms with Gasteiger partial charge >= 0.3 is 0 Å². The number of rotatable bonds is 8. The summed E-state index contributed by atoms with van der Waals surface area (Å²) in [5.74, 6) is -4.56. The van der Waals surface area contributed by atoms with Crippen LogP contribution in [0, 0.1) is 17.5 Å². The maximum atomic E-state index is 13.7. The van der Waals surface area contributed by atoms with Crippen molar-refractivity contribution in [1.82, 2.24) is 20.1 Å². The number of carbonyl (C=O) groups excluding carboxylic acids is 2. The largest absolute Gasteiger partial charge is 0.497 e. The fourth-order valence-corrected chi connectivity index (χ4v) is 3.59. The standard InChI is InChI=1S/C21H20F3N5O3S/c1-11(20(31)25-10-16(30)26-15-9-8-14(22)17(23)18(15)24)33-21-28-27-19(29(21)2)12-4-6-13(32-3)7-5-12/h4-9,11H,10H2,1-3H3,(H,25,31)(H,26,30)/t11-/m0/s1. The van der Waals surface area contributed by atoms with Gasteiger partial charge in [0.05, 0.1) is 24.6 Å². The molecule has 0 aliphatic carbocycles. The summed E-state index contributed by atoms with van der Waals surface area (Å²) in [7, 11) is 3.33. The molecule has 0 spiro atoms. The third kappa shape index (κ3) is 5.64. The van der Waals surface area contributed by atoms with E-state index in [2.05, 4.69) is 20.8 Å². The minimum atomic E-state index is -1.69. The van der Waals surface area contributed by atoms with Gasteiger partial charge in [-0.25, -0.2) is 13.2 Å². The highest BCUT2D eigenvalue weighted by Gasteiger charge is 2.21. The molecule has 0 bridgehead atoms. The fraction of sp³-hybridized carbons (Fsp3) is 0.238. The summed E-state index contributed by atoms with van der Waals surface area (Å²) in [6.45, 7) is 1.13. The molecule has 3 rings (SSSR count). The summed E-state index contributed by atoms with van der Waals surface area (Å²) in [4.78, 5) is 24.3. The molecule has 174 valence electrons. The van der Waals surface area contributed by atoms with Crippen LogP contribution in [0.25, 0.3) is 11.4 Å². The minimum Gasteiger partial charge on any atom is -0.497 e. The first-order chi connectivity index (χ1) is 15.7. The third-order valence-electron chi connectivity index (χ3n) is 4.57. The Bertz CT molecular complexity index is 1170. The summed E-state index contributed by atoms with van der Waals surface area (Å²) < 4.78 is 46.7. The number of hydrogen-bond donors (Lipinski definition) is 2. The Kier molecular flexibility index (Phi) is 7.59. The van der Waals surface area contributed by atoms with Crippen molar-refractivity contribution in [2.24, 2.45) is 7.05 Å². The Morgan fingerprint density at radius 3 is 2.45 bits per heavy atom. The number of nitrogens with zero attached hydrogens (tertiary/aromatic N) is 3. The first-order valence-corrected chi connectivity index (χ1v) is 10.5. The average Bonchev–Trinajstić information content (AvgIpc) is 3.17. The zero-order valence-corrected chi connectivity index (χ0v) is 18.7. The molecule has 2 N–H and O–H groups in total. The van der Waals surface area contributed by atoms with Crippen LogP contribution in [0.2, 0.25) is 0 Å². The Morgan fingerprint density at radius 1 is 1.09 bits per heavy atom. The van der Waals surface area contributed by atoms with Crippen molar-refractivity contribution >= 4 is 29.3 Å². The Morgan fingerprint density at radius 2 is 1.79 bits per heavy atom. The van der Waals surface area contributed by atoms with E-state index < -0.39 is 46.7 Å². The van der Waals surface area contributed by atoms with Crippen molar-refractivity contribution in [3.8, 4) is 17.1 Å². The monoisotopic (exact) mass is 479 g/mol. The molecule has 0 saturated carbocycles. The lowest BCUT2D eigenvalue weighted by Gasteiger charge is -2.12. The maximum absolute atomic E-state index is 13.7. The second kappa shape index (κ2) is 10.4. The van der Waals surface area contributed by atoms with Gasteiger partial charge in [0.15, 0.2) is 28.4 Å². The van der Waals surface area contributed by atoms with Crippen molar-refractivity contribution in [2.45, 2.75) is 17.3 Å². The Balaban J connectivity index is 1.56. The second-order valence-corrected chi connectivity index (χ2v) is 8.15. The molecule has 0 unspecified atom stereocenters. The van der Waals surface area contributed by atoms with Gasteiger partial charge in [0, 0.05) is 12.6 Å². The van der Waals surface area contributed by atoms with E-state index in [0.717, 1.165) is 23.4 Å². The lowest BCUT2D eigenvalue weighted by molar-refractivity contribution is -0.123. The molecule has 12 heteroatoms. The number of ether oxygens (including phenoxy) is 1. The first kappa shape index (κ1) is 24.1. The SMILES string of the molecule is COc1ccc(-c2nnc(S[C@@H](C)C(=O)NCC(=O)Nc3ccc(F)c(F)c3F)n2C)cc1. The third-order valence-corrected chi connectivity index (χ3v) is 5.70. The number of amides is 2. The van der Waals surface area contributed by atoms with Crippen LogP contribution in [0.15, 0.2) is 41.6 Å². The van der Waals surface area contributed by atoms with E-state index >= 15 is 0 Å². The minimum absolute atomic E-state index is 0.477. The molecular formula is C21H20F3N5O3S. The van der Waals surface area contributed by atoms with Gasteiger partial charge in [-0.2, -0.15) is 0 Å². The molecule has 0 radical (unpaired) electrons. The number of thioether (sulfide) groups is 1. The molecule has 1 heterocycles. The topological polar surface area (TPSA) is 98.1 Å². The van der Waals surface area contributed by atoms with Crippen LogP contribution in [0.4, 0.5) is 18.9 Å². The quantitative estimate of drug-likeness (QED) is 0.381. The van der Waals surface area contributed by atoms with Crippen LogP contribution in [0.5, 0.6) is 5.75 Å². The molecule has 1 atom stereocenters. The van der Waals surface area contributed by atoms with Crippen molar-refractivity contribution in [1.29, 1.82) is 0 Å². The van der Waals surface area contributed by atoms with Gasteiger partial charge in [0.2, 0.25) is 11.8 Å². The molecule has 33 heavy (non-hydrogen) atoms. The lowest BCUT2D eigenvalue weighted by atomic mass is 10.2. The number of anilines is 1. The van der Waals surface area contributed by atoms with Gasteiger partial charge in [0.25, 0.3) is 0 Å². The van der Waals surface area contributed by atoms with Crippen LogP contribution in [0.3, 0.4) is 0 Å². The van der Waals surface area contributed by atoms with Crippen LogP contribution in [-0.2, 0) is 16.6 Å². The fourth-order valence-electron chi connectivity index (χ4n) is 2.75. The predicted octanol–water partition coefficient (Wildman–Crippen LogP) is 3.14. The van der Waals surface area contributed by atoms with Crippen molar-refractivity contribution in [3.63, 3.8) is 0 Å². The predicted molar refractivity (Wildman–Crippen MR) is 116 cm³/mol. The Labute approximate surface area is 191 Å². The number of aromatic nitrogens is 3. The van der Waals surface area contributed by atoms with Crippen molar-refractivity contribution in [3.05, 3.63) is 53.8 Å². The second-order valence-electron chi connectivity index (χ2n) is 6.84. The van der Waals surface area contributed by atoms with Gasteiger partial charge in [0.1, 0.15) is 5.75 Å². The maximum Gasteiger partial charge on any atom is 0.243 e. The molecule has 2 amide bonds. The first-order valence-electron chi connectivity index (χ1n) is 9.62. The summed E-state index contributed by atoms with van der Waals surface area (Å²) in [5.41, 5.74) is 0.289. The molecule has 2 aromatic carbocycles. The van der Waals surface area contributed by atoms with E-state index in [1.807, 2.05) is 12.1 Å². The highest BCUT2D eigenvalue weighted by atomic mass is 32.2. The van der Waals surface area contributed by atoms with Crippen molar-refractivity contribution < 1.29 is 27.5 Å². The highest BCUT2D eigenvalue weighted by molar-refractivity contribution is 8.00. The molecule has 3 aromatic rings. The zero-order chi connectivity index (χ0) is 24.1. The molecule has 0 aliphatic rings. The van der Waals surface area contributed by atoms with Gasteiger partial charge < -0.3 is 19.9 Å². The molecule has 0 saturated heterocycles. The van der Waals surface area contributed by atoms with E-state index in [1.165, 1.54) is 0 Å². The summed E-state index contributed by atoms with van der Waals surface area (Å²) in [6.07, 6.45) is 0. The summed E-state index contributed by atoms with van der Waals surface area (Å²) in [6, 6.07) is 8.84. The van der Waals surface area contributed by atoms with Gasteiger partial charge in [-0.3, -0.25) is 9.59 Å². The van der Waals surface area contributed by atoms with E-state index in [0.29, 0.717) is 22.8 Å². The average molecular weight is 479 g/mol. The molecular weight excluding hydrogens is 459 g/mol. The van der Waals surface area contributed by atoms with Crippen molar-refractivity contribution in [2.75, 3.05) is 19.0 Å². The van der Waals surface area contributed by atoms with Gasteiger partial charge in [-0.15, -0.1) is 10.2 Å². The number of halogens is 3. The smallest absolute Gasteiger partial charge is 0.243 e. The number of methoxy groups -OCH3 is 1. The molecule has 0 aliphatic heterocycles. The summed E-state index contributed by atoms with van der Waals surface area (Å²) in [5, 5.41) is 12.6. The van der Waals surface area contributed by atoms with Crippen LogP contribution in [-0.4, -0.2) is 45.5 Å². The Hall–Kier alpha value is -3.54. The molecule has 1 aromatic heterocycles. The van der Waals surface area contributed by atoms with Gasteiger partial charge in [-0.1, -0.05) is 11.8 Å². The molecule has 0 fully saturated rings. The van der Waals surface area contributed by atoms with E-state index in [9.17, 15) is 22.8 Å². The van der Waals surface area contributed by atoms with Crippen LogP contribution in [0.1, 0.15) is 6.92 Å². The number of carbonyl (C=O) groups is 2. The highest BCUT2D eigenvalue weighted by Crippen LogP contribution is 2.26. The lowest BCUT2D eigenvalue weighted by Crippen LogP contribution is -2.37. The molecule has 8 nitrogen and oxygen atoms in total. The zero-order valence-electron chi connectivity index (χ0n) is 17.9. The van der Waals surface area contributed by atoms with Gasteiger partial charge in [-0.05, 0) is 43.3 Å². The van der Waals surface area contributed by atoms with Crippen LogP contribution >= 0.6 is 11.8 Å². The number of nitrogens with one attached hydrogen (secondary N) is 2. The van der Waals surface area contributed by atoms with Crippen LogP contribution < -0.4 is 15.4 Å². The summed E-state index contributed by atoms with van der Waals surface area (Å²) >= 11 is 1.13. The van der Waals surface area contributed by atoms with E-state index in [-0.39, 0.29) is 0 Å². The number of benzene rings is 2. The normalized spacial score (nSPS) is 11.7. The van der Waals surface area contributed by atoms with E-state index in [4.69, 9.17) is 4.74 Å².